The average Bonchev–Trinajstić information content (AvgIpc) is 3.15. The predicted octanol–water partition coefficient (Wildman–Crippen LogP) is 0.898. The molecule has 2 aromatic rings. The summed E-state index contributed by atoms with van der Waals surface area (Å²) in [5.41, 5.74) is 1.61. The summed E-state index contributed by atoms with van der Waals surface area (Å²) in [6, 6.07) is 9.90. The molecule has 3 rings (SSSR count). The highest BCUT2D eigenvalue weighted by atomic mass is 16.5. The van der Waals surface area contributed by atoms with Crippen LogP contribution in [-0.2, 0) is 16.1 Å². The minimum atomic E-state index is -0.831. The van der Waals surface area contributed by atoms with Gasteiger partial charge in [0, 0.05) is 18.7 Å². The Morgan fingerprint density at radius 3 is 2.71 bits per heavy atom. The van der Waals surface area contributed by atoms with Gasteiger partial charge in [-0.3, -0.25) is 14.9 Å². The summed E-state index contributed by atoms with van der Waals surface area (Å²) in [7, 11) is 1.60. The van der Waals surface area contributed by atoms with Gasteiger partial charge in [0.25, 0.3) is 5.91 Å². The number of aromatic nitrogens is 1. The highest BCUT2D eigenvalue weighted by molar-refractivity contribution is 6.05. The van der Waals surface area contributed by atoms with Crippen LogP contribution in [0.15, 0.2) is 40.9 Å². The molecule has 1 aliphatic rings. The molecule has 2 heterocycles. The lowest BCUT2D eigenvalue weighted by atomic mass is 10.1. The Morgan fingerprint density at radius 1 is 1.29 bits per heavy atom. The number of imide groups is 1. The summed E-state index contributed by atoms with van der Waals surface area (Å²) >= 11 is 0. The minimum absolute atomic E-state index is 0.103. The van der Waals surface area contributed by atoms with Gasteiger partial charge in [-0.1, -0.05) is 35.5 Å². The third-order valence-electron chi connectivity index (χ3n) is 3.68. The van der Waals surface area contributed by atoms with Gasteiger partial charge in [-0.15, -0.1) is 0 Å². The summed E-state index contributed by atoms with van der Waals surface area (Å²) in [6.07, 6.45) is -0.103. The van der Waals surface area contributed by atoms with E-state index in [1.165, 1.54) is 4.90 Å². The molecule has 1 aromatic carbocycles. The van der Waals surface area contributed by atoms with Gasteiger partial charge in [-0.05, 0) is 0 Å². The average molecular weight is 328 g/mol. The normalized spacial score (nSPS) is 16.6. The predicted molar refractivity (Wildman–Crippen MR) is 83.5 cm³/mol. The summed E-state index contributed by atoms with van der Waals surface area (Å²) in [5.74, 6) is -0.243. The standard InChI is InChI=1S/C16H16N4O4/c1-20(14(21)8-13-15(22)18-16(23)17-13)9-11-7-12(19-24-11)10-5-3-2-4-6-10/h2-7,13H,8-9H2,1H3,(H2,17,18,22,23). The fourth-order valence-corrected chi connectivity index (χ4v) is 2.39. The second-order valence-corrected chi connectivity index (χ2v) is 5.51. The Morgan fingerprint density at radius 2 is 2.04 bits per heavy atom. The molecule has 0 bridgehead atoms. The maximum atomic E-state index is 12.2. The van der Waals surface area contributed by atoms with Crippen LogP contribution in [-0.4, -0.2) is 41.0 Å². The molecule has 0 saturated carbocycles. The lowest BCUT2D eigenvalue weighted by molar-refractivity contribution is -0.133. The zero-order valence-corrected chi connectivity index (χ0v) is 13.0. The van der Waals surface area contributed by atoms with E-state index in [-0.39, 0.29) is 18.9 Å². The Labute approximate surface area is 137 Å². The van der Waals surface area contributed by atoms with Gasteiger partial charge in [0.05, 0.1) is 13.0 Å². The quantitative estimate of drug-likeness (QED) is 0.794. The van der Waals surface area contributed by atoms with E-state index in [1.807, 2.05) is 30.3 Å². The van der Waals surface area contributed by atoms with Crippen molar-refractivity contribution in [3.8, 4) is 11.3 Å². The van der Waals surface area contributed by atoms with E-state index in [0.29, 0.717) is 11.5 Å². The van der Waals surface area contributed by atoms with Gasteiger partial charge >= 0.3 is 6.03 Å². The van der Waals surface area contributed by atoms with Crippen LogP contribution in [0.1, 0.15) is 12.2 Å². The molecule has 8 nitrogen and oxygen atoms in total. The van der Waals surface area contributed by atoms with E-state index in [1.54, 1.807) is 13.1 Å². The van der Waals surface area contributed by atoms with Gasteiger partial charge < -0.3 is 14.7 Å². The van der Waals surface area contributed by atoms with Crippen molar-refractivity contribution in [3.05, 3.63) is 42.2 Å². The van der Waals surface area contributed by atoms with Crippen molar-refractivity contribution in [2.45, 2.75) is 19.0 Å². The number of hydrogen-bond donors (Lipinski definition) is 2. The molecule has 1 fully saturated rings. The molecule has 0 spiro atoms. The molecular formula is C16H16N4O4. The Hall–Kier alpha value is -3.16. The maximum Gasteiger partial charge on any atom is 0.322 e. The van der Waals surface area contributed by atoms with Crippen molar-refractivity contribution in [1.29, 1.82) is 0 Å². The molecule has 2 N–H and O–H groups in total. The van der Waals surface area contributed by atoms with Crippen LogP contribution >= 0.6 is 0 Å². The smallest absolute Gasteiger partial charge is 0.322 e. The van der Waals surface area contributed by atoms with Crippen LogP contribution in [0.25, 0.3) is 11.3 Å². The van der Waals surface area contributed by atoms with E-state index < -0.39 is 18.0 Å². The molecule has 0 radical (unpaired) electrons. The van der Waals surface area contributed by atoms with Gasteiger partial charge in [0.2, 0.25) is 5.91 Å². The second-order valence-electron chi connectivity index (χ2n) is 5.51. The second kappa shape index (κ2) is 6.53. The lowest BCUT2D eigenvalue weighted by Crippen LogP contribution is -2.36. The summed E-state index contributed by atoms with van der Waals surface area (Å²) in [6.45, 7) is 0.223. The summed E-state index contributed by atoms with van der Waals surface area (Å²) < 4.78 is 5.26. The first-order chi connectivity index (χ1) is 11.5. The zero-order chi connectivity index (χ0) is 17.1. The molecule has 0 aliphatic carbocycles. The van der Waals surface area contributed by atoms with Gasteiger partial charge in [-0.2, -0.15) is 0 Å². The SMILES string of the molecule is CN(Cc1cc(-c2ccccc2)no1)C(=O)CC1NC(=O)NC1=O. The number of nitrogens with one attached hydrogen (secondary N) is 2. The largest absolute Gasteiger partial charge is 0.359 e. The van der Waals surface area contributed by atoms with Crippen LogP contribution in [0.3, 0.4) is 0 Å². The fourth-order valence-electron chi connectivity index (χ4n) is 2.39. The molecule has 4 amide bonds. The number of carbonyl (C=O) groups is 3. The highest BCUT2D eigenvalue weighted by Gasteiger charge is 2.32. The first-order valence-electron chi connectivity index (χ1n) is 7.39. The number of nitrogens with zero attached hydrogens (tertiary/aromatic N) is 2. The van der Waals surface area contributed by atoms with Gasteiger partial charge in [-0.25, -0.2) is 4.79 Å². The highest BCUT2D eigenvalue weighted by Crippen LogP contribution is 2.19. The van der Waals surface area contributed by atoms with Crippen LogP contribution in [0.5, 0.6) is 0 Å². The summed E-state index contributed by atoms with van der Waals surface area (Å²) in [4.78, 5) is 36.1. The Kier molecular flexibility index (Phi) is 4.28. The van der Waals surface area contributed by atoms with Gasteiger partial charge in [0.15, 0.2) is 5.76 Å². The molecule has 1 unspecified atom stereocenters. The Balaban J connectivity index is 1.59. The van der Waals surface area contributed by atoms with Crippen molar-refractivity contribution in [2.75, 3.05) is 7.05 Å². The monoisotopic (exact) mass is 328 g/mol. The van der Waals surface area contributed by atoms with E-state index in [4.69, 9.17) is 4.52 Å². The van der Waals surface area contributed by atoms with Crippen molar-refractivity contribution < 1.29 is 18.9 Å². The number of rotatable bonds is 5. The van der Waals surface area contributed by atoms with E-state index in [2.05, 4.69) is 15.8 Å². The molecule has 24 heavy (non-hydrogen) atoms. The number of carbonyl (C=O) groups excluding carboxylic acids is 3. The molecule has 1 aromatic heterocycles. The van der Waals surface area contributed by atoms with Gasteiger partial charge in [0.1, 0.15) is 11.7 Å². The number of urea groups is 1. The molecule has 1 saturated heterocycles. The van der Waals surface area contributed by atoms with Crippen LogP contribution in [0, 0.1) is 0 Å². The first kappa shape index (κ1) is 15.7. The Bertz CT molecular complexity index is 771. The molecule has 124 valence electrons. The van der Waals surface area contributed by atoms with Crippen LogP contribution < -0.4 is 10.6 Å². The zero-order valence-electron chi connectivity index (χ0n) is 13.0. The van der Waals surface area contributed by atoms with Crippen LogP contribution in [0.4, 0.5) is 4.79 Å². The van der Waals surface area contributed by atoms with Crippen molar-refractivity contribution in [2.24, 2.45) is 0 Å². The van der Waals surface area contributed by atoms with Crippen molar-refractivity contribution in [1.82, 2.24) is 20.7 Å². The number of benzene rings is 1. The van der Waals surface area contributed by atoms with Crippen molar-refractivity contribution >= 4 is 17.8 Å². The number of hydrogen-bond acceptors (Lipinski definition) is 5. The molecule has 1 atom stereocenters. The summed E-state index contributed by atoms with van der Waals surface area (Å²) in [5, 5.41) is 8.48. The van der Waals surface area contributed by atoms with E-state index >= 15 is 0 Å². The lowest BCUT2D eigenvalue weighted by Gasteiger charge is -2.16. The fraction of sp³-hybridized carbons (Fsp3) is 0.250. The maximum absolute atomic E-state index is 12.2. The third kappa shape index (κ3) is 3.43. The van der Waals surface area contributed by atoms with E-state index in [0.717, 1.165) is 5.56 Å². The molecule has 1 aliphatic heterocycles. The first-order valence-corrected chi connectivity index (χ1v) is 7.39. The topological polar surface area (TPSA) is 105 Å². The van der Waals surface area contributed by atoms with Crippen LogP contribution in [0.2, 0.25) is 0 Å². The molecule has 8 heteroatoms. The number of amides is 4. The third-order valence-corrected chi connectivity index (χ3v) is 3.68. The van der Waals surface area contributed by atoms with Crippen molar-refractivity contribution in [3.63, 3.8) is 0 Å². The van der Waals surface area contributed by atoms with E-state index in [9.17, 15) is 14.4 Å². The molecular weight excluding hydrogens is 312 g/mol. The minimum Gasteiger partial charge on any atom is -0.359 e.